The first-order valence-electron chi connectivity index (χ1n) is 11.4. The minimum Gasteiger partial charge on any atom is -0.450 e. The fourth-order valence-corrected chi connectivity index (χ4v) is 5.51. The van der Waals surface area contributed by atoms with Crippen molar-refractivity contribution in [1.29, 1.82) is 0 Å². The molecule has 0 bridgehead atoms. The molecule has 2 aromatic carbocycles. The Bertz CT molecular complexity index is 1460. The molecule has 1 unspecified atom stereocenters. The molecule has 164 valence electrons. The summed E-state index contributed by atoms with van der Waals surface area (Å²) < 4.78 is 7.60. The van der Waals surface area contributed by atoms with Crippen LogP contribution in [0.4, 0.5) is 0 Å². The molecule has 32 heavy (non-hydrogen) atoms. The second-order valence-corrected chi connectivity index (χ2v) is 12.1. The van der Waals surface area contributed by atoms with Crippen LogP contribution in [0.25, 0.3) is 42.4 Å². The minimum absolute atomic E-state index is 0.0401. The zero-order chi connectivity index (χ0) is 22.8. The average molecular weight is 442 g/mol. The number of aromatic nitrogens is 1. The van der Waals surface area contributed by atoms with E-state index in [0.29, 0.717) is 5.92 Å². The van der Waals surface area contributed by atoms with Crippen molar-refractivity contribution in [1.82, 2.24) is 4.98 Å². The van der Waals surface area contributed by atoms with E-state index in [4.69, 9.17) is 9.40 Å². The van der Waals surface area contributed by atoms with E-state index >= 15 is 0 Å². The van der Waals surface area contributed by atoms with Gasteiger partial charge in [0.1, 0.15) is 5.76 Å². The summed E-state index contributed by atoms with van der Waals surface area (Å²) >= 11 is 1.73. The second-order valence-electron chi connectivity index (χ2n) is 11.1. The lowest BCUT2D eigenvalue weighted by atomic mass is 9.80. The molecular weight excluding hydrogens is 410 g/mol. The molecule has 3 heteroatoms. The molecule has 0 spiro atoms. The minimum atomic E-state index is 0.0401. The molecule has 0 saturated carbocycles. The Hall–Kier alpha value is -2.65. The van der Waals surface area contributed by atoms with Gasteiger partial charge in [-0.25, -0.2) is 0 Å². The molecule has 3 aromatic heterocycles. The standard InChI is InChI=1S/C29H31NOS/c1-17(28(2,3)4)23-16-21-25-24(32-27(21)31-23)12-13-30-26(25)19-14-18-10-8-9-11-20(18)22(15-19)29(5,6)7/h8-17H,1-7H3. The van der Waals surface area contributed by atoms with Gasteiger partial charge in [0, 0.05) is 33.2 Å². The topological polar surface area (TPSA) is 26.0 Å². The van der Waals surface area contributed by atoms with Gasteiger partial charge in [-0.3, -0.25) is 4.98 Å². The normalized spacial score (nSPS) is 14.0. The van der Waals surface area contributed by atoms with Crippen LogP contribution < -0.4 is 0 Å². The first-order chi connectivity index (χ1) is 15.0. The Labute approximate surface area is 194 Å². The number of benzene rings is 2. The van der Waals surface area contributed by atoms with E-state index in [1.165, 1.54) is 37.4 Å². The largest absolute Gasteiger partial charge is 0.450 e. The van der Waals surface area contributed by atoms with Crippen LogP contribution in [0, 0.1) is 5.41 Å². The maximum absolute atomic E-state index is 6.37. The van der Waals surface area contributed by atoms with Crippen molar-refractivity contribution in [2.45, 2.75) is 59.8 Å². The van der Waals surface area contributed by atoms with Gasteiger partial charge in [0.2, 0.25) is 0 Å². The molecule has 1 atom stereocenters. The molecule has 0 amide bonds. The molecule has 0 aliphatic rings. The Balaban J connectivity index is 1.79. The van der Waals surface area contributed by atoms with Gasteiger partial charge in [-0.2, -0.15) is 0 Å². The molecule has 0 aliphatic carbocycles. The van der Waals surface area contributed by atoms with Crippen molar-refractivity contribution in [2.24, 2.45) is 5.41 Å². The van der Waals surface area contributed by atoms with E-state index in [1.807, 2.05) is 6.20 Å². The lowest BCUT2D eigenvalue weighted by Crippen LogP contribution is -2.14. The number of thiophene rings is 1. The zero-order valence-corrected chi connectivity index (χ0v) is 20.9. The van der Waals surface area contributed by atoms with Crippen molar-refractivity contribution >= 4 is 42.5 Å². The van der Waals surface area contributed by atoms with Crippen LogP contribution in [-0.4, -0.2) is 4.98 Å². The Morgan fingerprint density at radius 2 is 1.66 bits per heavy atom. The maximum atomic E-state index is 6.37. The molecule has 2 nitrogen and oxygen atoms in total. The highest BCUT2D eigenvalue weighted by Gasteiger charge is 2.27. The summed E-state index contributed by atoms with van der Waals surface area (Å²) in [6, 6.07) is 17.7. The number of rotatable bonds is 2. The van der Waals surface area contributed by atoms with Crippen LogP contribution in [0.15, 0.2) is 59.1 Å². The fourth-order valence-electron chi connectivity index (χ4n) is 4.46. The van der Waals surface area contributed by atoms with Gasteiger partial charge in [-0.05, 0) is 51.4 Å². The van der Waals surface area contributed by atoms with Crippen LogP contribution in [0.1, 0.15) is 65.7 Å². The monoisotopic (exact) mass is 441 g/mol. The Kier molecular flexibility index (Phi) is 4.76. The molecule has 0 fully saturated rings. The highest BCUT2D eigenvalue weighted by atomic mass is 32.1. The molecule has 0 radical (unpaired) electrons. The average Bonchev–Trinajstić information content (AvgIpc) is 3.28. The summed E-state index contributed by atoms with van der Waals surface area (Å²) in [6.07, 6.45) is 1.93. The van der Waals surface area contributed by atoms with Gasteiger partial charge in [0.05, 0.1) is 5.69 Å². The number of furan rings is 1. The second kappa shape index (κ2) is 7.18. The van der Waals surface area contributed by atoms with Gasteiger partial charge >= 0.3 is 0 Å². The van der Waals surface area contributed by atoms with E-state index in [0.717, 1.165) is 16.4 Å². The van der Waals surface area contributed by atoms with Crippen LogP contribution in [0.3, 0.4) is 0 Å². The van der Waals surface area contributed by atoms with Gasteiger partial charge in [-0.1, -0.05) is 84.1 Å². The van der Waals surface area contributed by atoms with Crippen molar-refractivity contribution in [3.63, 3.8) is 0 Å². The summed E-state index contributed by atoms with van der Waals surface area (Å²) in [7, 11) is 0. The number of nitrogens with zero attached hydrogens (tertiary/aromatic N) is 1. The lowest BCUT2D eigenvalue weighted by Gasteiger charge is -2.25. The van der Waals surface area contributed by atoms with E-state index in [-0.39, 0.29) is 10.8 Å². The summed E-state index contributed by atoms with van der Waals surface area (Å²) in [6.45, 7) is 15.9. The van der Waals surface area contributed by atoms with Crippen LogP contribution >= 0.6 is 11.3 Å². The van der Waals surface area contributed by atoms with E-state index in [2.05, 4.69) is 97.0 Å². The van der Waals surface area contributed by atoms with Crippen molar-refractivity contribution in [2.75, 3.05) is 0 Å². The number of hydrogen-bond acceptors (Lipinski definition) is 3. The number of hydrogen-bond donors (Lipinski definition) is 0. The van der Waals surface area contributed by atoms with Crippen molar-refractivity contribution in [3.05, 3.63) is 66.1 Å². The van der Waals surface area contributed by atoms with Crippen LogP contribution in [0.5, 0.6) is 0 Å². The van der Waals surface area contributed by atoms with E-state index in [9.17, 15) is 0 Å². The predicted octanol–water partition coefficient (Wildman–Crippen LogP) is 9.31. The quantitative estimate of drug-likeness (QED) is 0.273. The third-order valence-corrected chi connectivity index (χ3v) is 7.82. The predicted molar refractivity (Wildman–Crippen MR) is 139 cm³/mol. The Morgan fingerprint density at radius 1 is 0.906 bits per heavy atom. The third kappa shape index (κ3) is 3.44. The lowest BCUT2D eigenvalue weighted by molar-refractivity contribution is 0.302. The molecule has 0 saturated heterocycles. The van der Waals surface area contributed by atoms with Crippen LogP contribution in [-0.2, 0) is 5.41 Å². The summed E-state index contributed by atoms with van der Waals surface area (Å²) in [5.41, 5.74) is 3.76. The number of pyridine rings is 1. The molecule has 3 heterocycles. The molecule has 0 N–H and O–H groups in total. The van der Waals surface area contributed by atoms with Crippen molar-refractivity contribution in [3.8, 4) is 11.3 Å². The number of fused-ring (bicyclic) bond motifs is 4. The van der Waals surface area contributed by atoms with Gasteiger partial charge < -0.3 is 4.42 Å². The summed E-state index contributed by atoms with van der Waals surface area (Å²) in [5.74, 6) is 1.40. The Morgan fingerprint density at radius 3 is 2.38 bits per heavy atom. The smallest absolute Gasteiger partial charge is 0.189 e. The van der Waals surface area contributed by atoms with Gasteiger partial charge in [0.25, 0.3) is 0 Å². The third-order valence-electron chi connectivity index (χ3n) is 6.77. The molecule has 0 aliphatic heterocycles. The van der Waals surface area contributed by atoms with E-state index in [1.54, 1.807) is 11.3 Å². The zero-order valence-electron chi connectivity index (χ0n) is 20.0. The molecule has 5 aromatic rings. The van der Waals surface area contributed by atoms with Gasteiger partial charge in [-0.15, -0.1) is 0 Å². The maximum Gasteiger partial charge on any atom is 0.189 e. The van der Waals surface area contributed by atoms with Crippen molar-refractivity contribution < 1.29 is 4.42 Å². The summed E-state index contributed by atoms with van der Waals surface area (Å²) in [5, 5.41) is 4.97. The highest BCUT2D eigenvalue weighted by Crippen LogP contribution is 2.45. The molecular formula is C29H31NOS. The van der Waals surface area contributed by atoms with Gasteiger partial charge in [0.15, 0.2) is 4.90 Å². The molecule has 5 rings (SSSR count). The highest BCUT2D eigenvalue weighted by molar-refractivity contribution is 7.25. The summed E-state index contributed by atoms with van der Waals surface area (Å²) in [4.78, 5) is 5.89. The first-order valence-corrected chi connectivity index (χ1v) is 12.2. The van der Waals surface area contributed by atoms with Crippen LogP contribution in [0.2, 0.25) is 0 Å². The van der Waals surface area contributed by atoms with E-state index < -0.39 is 0 Å². The fraction of sp³-hybridized carbons (Fsp3) is 0.345. The SMILES string of the molecule is CC(c1cc2c(o1)sc1ccnc(-c3cc(C(C)(C)C)c4ccccc4c3)c12)C(C)(C)C. The first kappa shape index (κ1) is 21.2.